The molecule has 1 aromatic heterocycles. The van der Waals surface area contributed by atoms with E-state index in [1.807, 2.05) is 25.3 Å². The zero-order chi connectivity index (χ0) is 12.9. The summed E-state index contributed by atoms with van der Waals surface area (Å²) in [7, 11) is -2.90. The monoisotopic (exact) mass is 339 g/mol. The fourth-order valence-corrected chi connectivity index (χ4v) is 4.54. The third-order valence-corrected chi connectivity index (χ3v) is 5.80. The van der Waals surface area contributed by atoms with Crippen molar-refractivity contribution in [2.75, 3.05) is 18.1 Å². The molecule has 6 heteroatoms. The quantitative estimate of drug-likeness (QED) is 0.777. The van der Waals surface area contributed by atoms with E-state index in [0.29, 0.717) is 6.54 Å². The number of hydrogen-bond acceptors (Lipinski definition) is 4. The summed E-state index contributed by atoms with van der Waals surface area (Å²) in [5, 5.41) is 5.18. The summed E-state index contributed by atoms with van der Waals surface area (Å²) in [5.74, 6) is 0.699. The van der Waals surface area contributed by atoms with Gasteiger partial charge in [0, 0.05) is 27.8 Å². The molecule has 3 nitrogen and oxygen atoms in total. The molecule has 0 saturated carbocycles. The first-order valence-electron chi connectivity index (χ1n) is 5.53. The molecule has 1 aromatic rings. The topological polar surface area (TPSA) is 46.2 Å². The maximum atomic E-state index is 11.6. The second-order valence-electron chi connectivity index (χ2n) is 4.42. The average molecular weight is 340 g/mol. The lowest BCUT2D eigenvalue weighted by atomic mass is 10.3. The molecule has 0 atom stereocenters. The lowest BCUT2D eigenvalue weighted by molar-refractivity contribution is 0.578. The molecule has 0 aromatic carbocycles. The molecule has 0 radical (unpaired) electrons. The van der Waals surface area contributed by atoms with Crippen LogP contribution in [-0.2, 0) is 16.4 Å². The molecule has 1 N–H and O–H groups in total. The van der Waals surface area contributed by atoms with Crippen LogP contribution in [0.5, 0.6) is 0 Å². The highest BCUT2D eigenvalue weighted by molar-refractivity contribution is 9.10. The summed E-state index contributed by atoms with van der Waals surface area (Å²) in [6.45, 7) is 5.10. The zero-order valence-electron chi connectivity index (χ0n) is 10.1. The van der Waals surface area contributed by atoms with Crippen LogP contribution < -0.4 is 5.32 Å². The molecule has 17 heavy (non-hydrogen) atoms. The lowest BCUT2D eigenvalue weighted by Crippen LogP contribution is -2.25. The van der Waals surface area contributed by atoms with Crippen molar-refractivity contribution < 1.29 is 8.42 Å². The zero-order valence-corrected chi connectivity index (χ0v) is 13.3. The third-order valence-electron chi connectivity index (χ3n) is 2.10. The van der Waals surface area contributed by atoms with Crippen LogP contribution in [0.4, 0.5) is 0 Å². The summed E-state index contributed by atoms with van der Waals surface area (Å²) in [4.78, 5) is 1.21. The number of thiophene rings is 1. The van der Waals surface area contributed by atoms with Crippen LogP contribution >= 0.6 is 27.3 Å². The Morgan fingerprint density at radius 3 is 2.71 bits per heavy atom. The van der Waals surface area contributed by atoms with Gasteiger partial charge < -0.3 is 5.32 Å². The lowest BCUT2D eigenvalue weighted by Gasteiger charge is -2.07. The SMILES string of the molecule is CC(C)CS(=O)(=O)CCNCc1cc(Br)cs1. The molecule has 0 fully saturated rings. The number of sulfone groups is 1. The van der Waals surface area contributed by atoms with E-state index < -0.39 is 9.84 Å². The Bertz CT molecular complexity index is 440. The van der Waals surface area contributed by atoms with E-state index in [2.05, 4.69) is 21.2 Å². The highest BCUT2D eigenvalue weighted by Gasteiger charge is 2.12. The molecule has 1 rings (SSSR count). The van der Waals surface area contributed by atoms with E-state index in [1.54, 1.807) is 11.3 Å². The molecular formula is C11H18BrNO2S2. The van der Waals surface area contributed by atoms with Gasteiger partial charge in [0.25, 0.3) is 0 Å². The van der Waals surface area contributed by atoms with Crippen molar-refractivity contribution in [3.05, 3.63) is 20.8 Å². The Balaban J connectivity index is 2.24. The molecule has 0 saturated heterocycles. The van der Waals surface area contributed by atoms with E-state index >= 15 is 0 Å². The van der Waals surface area contributed by atoms with Crippen LogP contribution in [0.1, 0.15) is 18.7 Å². The van der Waals surface area contributed by atoms with Crippen molar-refractivity contribution in [3.8, 4) is 0 Å². The van der Waals surface area contributed by atoms with Crippen LogP contribution in [0.15, 0.2) is 15.9 Å². The highest BCUT2D eigenvalue weighted by Crippen LogP contribution is 2.19. The first-order valence-corrected chi connectivity index (χ1v) is 9.02. The predicted octanol–water partition coefficient (Wildman–Crippen LogP) is 2.67. The highest BCUT2D eigenvalue weighted by atomic mass is 79.9. The van der Waals surface area contributed by atoms with E-state index in [-0.39, 0.29) is 17.4 Å². The first-order chi connectivity index (χ1) is 7.89. The van der Waals surface area contributed by atoms with E-state index in [4.69, 9.17) is 0 Å². The molecule has 0 aliphatic heterocycles. The molecule has 1 heterocycles. The molecule has 0 amide bonds. The van der Waals surface area contributed by atoms with E-state index in [9.17, 15) is 8.42 Å². The summed E-state index contributed by atoms with van der Waals surface area (Å²) in [5.41, 5.74) is 0. The van der Waals surface area contributed by atoms with Crippen molar-refractivity contribution in [2.45, 2.75) is 20.4 Å². The minimum Gasteiger partial charge on any atom is -0.311 e. The standard InChI is InChI=1S/C11H18BrNO2S2/c1-9(2)8-17(14,15)4-3-13-6-11-5-10(12)7-16-11/h5,7,9,13H,3-4,6,8H2,1-2H3. The number of halogens is 1. The number of nitrogens with one attached hydrogen (secondary N) is 1. The van der Waals surface area contributed by atoms with Crippen molar-refractivity contribution in [1.82, 2.24) is 5.32 Å². The number of hydrogen-bond donors (Lipinski definition) is 1. The van der Waals surface area contributed by atoms with E-state index in [0.717, 1.165) is 11.0 Å². The Morgan fingerprint density at radius 1 is 1.47 bits per heavy atom. The van der Waals surface area contributed by atoms with Crippen LogP contribution in [0.25, 0.3) is 0 Å². The molecule has 98 valence electrons. The molecule has 0 aliphatic rings. The predicted molar refractivity (Wildman–Crippen MR) is 77.2 cm³/mol. The summed E-state index contributed by atoms with van der Waals surface area (Å²) in [6.07, 6.45) is 0. The van der Waals surface area contributed by atoms with Gasteiger partial charge in [0.1, 0.15) is 0 Å². The third kappa shape index (κ3) is 6.55. The smallest absolute Gasteiger partial charge is 0.151 e. The Labute approximate surface area is 116 Å². The molecule has 0 bridgehead atoms. The minimum absolute atomic E-state index is 0.202. The second kappa shape index (κ2) is 6.87. The summed E-state index contributed by atoms with van der Waals surface area (Å²) < 4.78 is 24.3. The molecule has 0 spiro atoms. The Hall–Kier alpha value is 0.0900. The van der Waals surface area contributed by atoms with Gasteiger partial charge in [-0.05, 0) is 27.9 Å². The second-order valence-corrected chi connectivity index (χ2v) is 8.56. The maximum Gasteiger partial charge on any atom is 0.151 e. The number of rotatable bonds is 7. The maximum absolute atomic E-state index is 11.6. The van der Waals surface area contributed by atoms with Gasteiger partial charge in [-0.3, -0.25) is 0 Å². The normalized spacial score (nSPS) is 12.2. The molecule has 0 unspecified atom stereocenters. The largest absolute Gasteiger partial charge is 0.311 e. The van der Waals surface area contributed by atoms with E-state index in [1.165, 1.54) is 4.88 Å². The fraction of sp³-hybridized carbons (Fsp3) is 0.636. The van der Waals surface area contributed by atoms with Gasteiger partial charge in [-0.15, -0.1) is 11.3 Å². The van der Waals surface area contributed by atoms with Gasteiger partial charge in [-0.2, -0.15) is 0 Å². The molecular weight excluding hydrogens is 322 g/mol. The van der Waals surface area contributed by atoms with Crippen molar-refractivity contribution in [3.63, 3.8) is 0 Å². The van der Waals surface area contributed by atoms with Crippen LogP contribution in [0.3, 0.4) is 0 Å². The Kier molecular flexibility index (Phi) is 6.12. The Morgan fingerprint density at radius 2 is 2.18 bits per heavy atom. The van der Waals surface area contributed by atoms with Crippen molar-refractivity contribution in [1.29, 1.82) is 0 Å². The van der Waals surface area contributed by atoms with Crippen LogP contribution in [-0.4, -0.2) is 26.5 Å². The van der Waals surface area contributed by atoms with Gasteiger partial charge >= 0.3 is 0 Å². The van der Waals surface area contributed by atoms with Gasteiger partial charge in [-0.1, -0.05) is 13.8 Å². The summed E-state index contributed by atoms with van der Waals surface area (Å²) in [6, 6.07) is 2.04. The van der Waals surface area contributed by atoms with Crippen molar-refractivity contribution in [2.24, 2.45) is 5.92 Å². The van der Waals surface area contributed by atoms with Gasteiger partial charge in [-0.25, -0.2) is 8.42 Å². The van der Waals surface area contributed by atoms with Gasteiger partial charge in [0.05, 0.1) is 11.5 Å². The van der Waals surface area contributed by atoms with Crippen LogP contribution in [0, 0.1) is 5.92 Å². The minimum atomic E-state index is -2.90. The van der Waals surface area contributed by atoms with Crippen molar-refractivity contribution >= 4 is 37.1 Å². The summed E-state index contributed by atoms with van der Waals surface area (Å²) >= 11 is 5.05. The average Bonchev–Trinajstić information content (AvgIpc) is 2.57. The first kappa shape index (κ1) is 15.1. The molecule has 0 aliphatic carbocycles. The van der Waals surface area contributed by atoms with Gasteiger partial charge in [0.15, 0.2) is 9.84 Å². The van der Waals surface area contributed by atoms with Crippen LogP contribution in [0.2, 0.25) is 0 Å². The van der Waals surface area contributed by atoms with Gasteiger partial charge in [0.2, 0.25) is 0 Å². The fourth-order valence-electron chi connectivity index (χ4n) is 1.48.